The Morgan fingerprint density at radius 3 is 2.29 bits per heavy atom. The van der Waals surface area contributed by atoms with Gasteiger partial charge in [-0.2, -0.15) is 0 Å². The first-order chi connectivity index (χ1) is 18.1. The average Bonchev–Trinajstić information content (AvgIpc) is 2.83. The maximum Gasteiger partial charge on any atom is 0.176 e. The Hall–Kier alpha value is -2.32. The van der Waals surface area contributed by atoms with E-state index in [9.17, 15) is 17.2 Å². The molecule has 0 spiro atoms. The van der Waals surface area contributed by atoms with E-state index >= 15 is 0 Å². The van der Waals surface area contributed by atoms with Crippen molar-refractivity contribution in [2.45, 2.75) is 31.1 Å². The Morgan fingerprint density at radius 2 is 1.68 bits per heavy atom. The monoisotopic (exact) mass is 558 g/mol. The molecular formula is C30H33ClF2N2O2S. The largest absolute Gasteiger partial charge is 0.302 e. The van der Waals surface area contributed by atoms with Gasteiger partial charge in [-0.15, -0.1) is 0 Å². The van der Waals surface area contributed by atoms with Crippen LogP contribution in [-0.2, 0) is 15.3 Å². The highest BCUT2D eigenvalue weighted by molar-refractivity contribution is 8.00. The van der Waals surface area contributed by atoms with E-state index in [-0.39, 0.29) is 15.9 Å². The van der Waals surface area contributed by atoms with Crippen molar-refractivity contribution >= 4 is 26.3 Å². The first-order valence-electron chi connectivity index (χ1n) is 13.1. The molecule has 0 bridgehead atoms. The van der Waals surface area contributed by atoms with Crippen LogP contribution in [0.3, 0.4) is 0 Å². The number of piperidine rings is 1. The fraction of sp³-hybridized carbons (Fsp3) is 0.400. The van der Waals surface area contributed by atoms with Crippen LogP contribution in [0.1, 0.15) is 36.8 Å². The number of rotatable bonds is 7. The topological polar surface area (TPSA) is 40.6 Å². The van der Waals surface area contributed by atoms with E-state index in [4.69, 9.17) is 11.6 Å². The molecule has 8 heteroatoms. The van der Waals surface area contributed by atoms with Crippen molar-refractivity contribution in [3.8, 4) is 0 Å². The first-order valence-corrected chi connectivity index (χ1v) is 15.4. The second-order valence-electron chi connectivity index (χ2n) is 10.8. The summed E-state index contributed by atoms with van der Waals surface area (Å²) in [6.45, 7) is 4.70. The van der Waals surface area contributed by atoms with Crippen LogP contribution < -0.4 is 0 Å². The lowest BCUT2D eigenvalue weighted by atomic mass is 9.73. The molecule has 0 amide bonds. The molecule has 38 heavy (non-hydrogen) atoms. The zero-order chi connectivity index (χ0) is 26.9. The van der Waals surface area contributed by atoms with Crippen LogP contribution in [0.4, 0.5) is 8.78 Å². The number of hydrogen-bond donors (Lipinski definition) is 0. The Balaban J connectivity index is 1.32. The summed E-state index contributed by atoms with van der Waals surface area (Å²) in [4.78, 5) is 4.71. The molecule has 1 aliphatic carbocycles. The van der Waals surface area contributed by atoms with Crippen molar-refractivity contribution in [3.63, 3.8) is 0 Å². The maximum atomic E-state index is 13.8. The van der Waals surface area contributed by atoms with Gasteiger partial charge < -0.3 is 4.90 Å². The van der Waals surface area contributed by atoms with E-state index < -0.39 is 21.5 Å². The van der Waals surface area contributed by atoms with Gasteiger partial charge in [0, 0.05) is 48.9 Å². The van der Waals surface area contributed by atoms with Crippen LogP contribution in [0.15, 0.2) is 71.8 Å². The molecule has 2 aromatic carbocycles. The van der Waals surface area contributed by atoms with Crippen molar-refractivity contribution in [3.05, 3.63) is 99.6 Å². The fourth-order valence-electron chi connectivity index (χ4n) is 5.99. The van der Waals surface area contributed by atoms with Crippen molar-refractivity contribution in [2.75, 3.05) is 45.5 Å². The Bertz CT molecular complexity index is 1380. The van der Waals surface area contributed by atoms with Gasteiger partial charge in [-0.05, 0) is 72.8 Å². The van der Waals surface area contributed by atoms with Gasteiger partial charge in [0.15, 0.2) is 9.84 Å². The summed E-state index contributed by atoms with van der Waals surface area (Å²) in [6, 6.07) is 11.0. The predicted molar refractivity (Wildman–Crippen MR) is 150 cm³/mol. The van der Waals surface area contributed by atoms with Crippen molar-refractivity contribution in [2.24, 2.45) is 0 Å². The molecule has 2 heterocycles. The Kier molecular flexibility index (Phi) is 7.92. The molecule has 0 unspecified atom stereocenters. The maximum absolute atomic E-state index is 13.8. The standard InChI is InChI=1S/C30H33ClF2N2O2S/c1-38(36,37)29(23-15-25(32)17-26(33)16-23)24-19-35(20-24)18-22-9-11-30(12-10-22,21-34-13-5-2-6-14-34)27-7-3-4-8-28(27)31/h3-4,7-11,15-17H,2,5-6,12-14,18-21H2,1H3/t30-/m1/s1. The smallest absolute Gasteiger partial charge is 0.176 e. The van der Waals surface area contributed by atoms with Gasteiger partial charge in [-0.25, -0.2) is 17.2 Å². The van der Waals surface area contributed by atoms with Gasteiger partial charge in [0.2, 0.25) is 0 Å². The summed E-state index contributed by atoms with van der Waals surface area (Å²) in [5.41, 5.74) is 2.87. The quantitative estimate of drug-likeness (QED) is 0.418. The van der Waals surface area contributed by atoms with Gasteiger partial charge in [-0.3, -0.25) is 4.90 Å². The molecule has 0 aromatic heterocycles. The van der Waals surface area contributed by atoms with Crippen LogP contribution in [-0.4, -0.2) is 63.7 Å². The summed E-state index contributed by atoms with van der Waals surface area (Å²) in [5.74, 6) is -1.58. The number of hydrogen-bond acceptors (Lipinski definition) is 4. The summed E-state index contributed by atoms with van der Waals surface area (Å²) in [7, 11) is -3.66. The highest BCUT2D eigenvalue weighted by Gasteiger charge is 2.36. The van der Waals surface area contributed by atoms with Crippen molar-refractivity contribution in [1.82, 2.24) is 9.80 Å². The molecule has 0 saturated carbocycles. The normalized spacial score (nSPS) is 22.7. The number of nitrogens with zero attached hydrogens (tertiary/aromatic N) is 2. The van der Waals surface area contributed by atoms with Crippen molar-refractivity contribution < 1.29 is 17.2 Å². The molecule has 0 N–H and O–H groups in total. The third-order valence-electron chi connectivity index (χ3n) is 7.76. The molecule has 202 valence electrons. The van der Waals surface area contributed by atoms with Crippen LogP contribution in [0.2, 0.25) is 5.02 Å². The average molecular weight is 559 g/mol. The van der Waals surface area contributed by atoms with E-state index in [0.717, 1.165) is 61.1 Å². The molecule has 4 nitrogen and oxygen atoms in total. The second kappa shape index (κ2) is 11.0. The van der Waals surface area contributed by atoms with Gasteiger partial charge in [0.25, 0.3) is 0 Å². The third-order valence-corrected chi connectivity index (χ3v) is 9.36. The van der Waals surface area contributed by atoms with E-state index in [0.29, 0.717) is 25.2 Å². The third kappa shape index (κ3) is 5.96. The van der Waals surface area contributed by atoms with E-state index in [1.165, 1.54) is 24.8 Å². The number of benzene rings is 2. The molecule has 2 aliphatic heterocycles. The lowest BCUT2D eigenvalue weighted by molar-refractivity contribution is 0.193. The highest BCUT2D eigenvalue weighted by atomic mass is 35.5. The lowest BCUT2D eigenvalue weighted by Crippen LogP contribution is -2.44. The minimum Gasteiger partial charge on any atom is -0.302 e. The summed E-state index contributed by atoms with van der Waals surface area (Å²) < 4.78 is 52.7. The van der Waals surface area contributed by atoms with Crippen LogP contribution >= 0.6 is 11.6 Å². The number of allylic oxidation sites excluding steroid dienone is 1. The van der Waals surface area contributed by atoms with E-state index in [1.54, 1.807) is 0 Å². The molecule has 2 aromatic rings. The molecule has 2 saturated heterocycles. The Morgan fingerprint density at radius 1 is 1.00 bits per heavy atom. The summed E-state index contributed by atoms with van der Waals surface area (Å²) in [6.07, 6.45) is 12.4. The summed E-state index contributed by atoms with van der Waals surface area (Å²) >= 11 is 6.69. The number of sulfone groups is 1. The van der Waals surface area contributed by atoms with E-state index in [2.05, 4.69) is 34.1 Å². The molecule has 1 atom stereocenters. The highest BCUT2D eigenvalue weighted by Crippen LogP contribution is 2.40. The lowest BCUT2D eigenvalue weighted by Gasteiger charge is -2.41. The molecular weight excluding hydrogens is 526 g/mol. The summed E-state index contributed by atoms with van der Waals surface area (Å²) in [5, 5.41) is 0.783. The fourth-order valence-corrected chi connectivity index (χ4v) is 7.51. The minimum absolute atomic E-state index is 0.0274. The van der Waals surface area contributed by atoms with Crippen molar-refractivity contribution in [1.29, 1.82) is 0 Å². The second-order valence-corrected chi connectivity index (χ2v) is 13.2. The SMILES string of the molecule is CS(=O)(=O)C(=C1CN(CC2=CC[C@](CN3CCCCC3)(c3ccccc3Cl)C=C2)C1)c1cc(F)cc(F)c1. The van der Waals surface area contributed by atoms with Crippen LogP contribution in [0.5, 0.6) is 0 Å². The first kappa shape index (κ1) is 27.3. The van der Waals surface area contributed by atoms with E-state index in [1.807, 2.05) is 18.2 Å². The van der Waals surface area contributed by atoms with Gasteiger partial charge >= 0.3 is 0 Å². The van der Waals surface area contributed by atoms with Gasteiger partial charge in [0.05, 0.1) is 4.91 Å². The zero-order valence-electron chi connectivity index (χ0n) is 21.6. The minimum atomic E-state index is -3.66. The molecule has 0 radical (unpaired) electrons. The Labute approximate surface area is 229 Å². The molecule has 5 rings (SSSR count). The molecule has 2 fully saturated rings. The van der Waals surface area contributed by atoms with Gasteiger partial charge in [-0.1, -0.05) is 54.4 Å². The zero-order valence-corrected chi connectivity index (χ0v) is 23.2. The number of likely N-dealkylation sites (tertiary alicyclic amines) is 2. The molecule has 3 aliphatic rings. The van der Waals surface area contributed by atoms with Crippen LogP contribution in [0.25, 0.3) is 4.91 Å². The number of halogens is 3. The predicted octanol–water partition coefficient (Wildman–Crippen LogP) is 6.00. The van der Waals surface area contributed by atoms with Gasteiger partial charge in [0.1, 0.15) is 11.6 Å². The van der Waals surface area contributed by atoms with Crippen LogP contribution in [0, 0.1) is 11.6 Å².